The number of benzene rings is 1. The van der Waals surface area contributed by atoms with Crippen LogP contribution in [0.4, 0.5) is 10.1 Å². The number of nitrogens with zero attached hydrogens (tertiary/aromatic N) is 2. The molecule has 1 aromatic rings. The van der Waals surface area contributed by atoms with E-state index >= 15 is 0 Å². The van der Waals surface area contributed by atoms with Gasteiger partial charge in [0.15, 0.2) is 0 Å². The molecule has 0 fully saturated rings. The van der Waals surface area contributed by atoms with E-state index in [-0.39, 0.29) is 5.02 Å². The molecule has 82 valence electrons. The maximum Gasteiger partial charge on any atom is 0.147 e. The van der Waals surface area contributed by atoms with E-state index in [1.165, 1.54) is 17.3 Å². The van der Waals surface area contributed by atoms with Crippen LogP contribution in [0.1, 0.15) is 5.56 Å². The first-order valence-corrected chi connectivity index (χ1v) is 4.88. The molecule has 0 bridgehead atoms. The first-order chi connectivity index (χ1) is 7.63. The van der Waals surface area contributed by atoms with Crippen LogP contribution in [-0.2, 0) is 0 Å². The standard InChI is InChI=1S/C10H8ClFN4/c1-6-9(3-2-8(11)10(6)12)16-5-7(4-13)14-15-16/h2-3,5,14-15H,1H3. The van der Waals surface area contributed by atoms with Crippen molar-refractivity contribution in [2.45, 2.75) is 6.92 Å². The fraction of sp³-hybridized carbons (Fsp3) is 0.100. The number of halogens is 2. The van der Waals surface area contributed by atoms with E-state index in [1.54, 1.807) is 13.0 Å². The molecule has 4 nitrogen and oxygen atoms in total. The first kappa shape index (κ1) is 10.7. The normalized spacial score (nSPS) is 14.4. The highest BCUT2D eigenvalue weighted by Crippen LogP contribution is 2.27. The van der Waals surface area contributed by atoms with Gasteiger partial charge in [-0.05, 0) is 19.1 Å². The number of allylic oxidation sites excluding steroid dienone is 1. The molecule has 6 heteroatoms. The van der Waals surface area contributed by atoms with Gasteiger partial charge in [-0.3, -0.25) is 10.4 Å². The second-order valence-corrected chi connectivity index (χ2v) is 3.67. The molecule has 16 heavy (non-hydrogen) atoms. The number of nitrogens with one attached hydrogen (secondary N) is 2. The van der Waals surface area contributed by atoms with Crippen molar-refractivity contribution < 1.29 is 4.39 Å². The number of hydrogen-bond donors (Lipinski definition) is 2. The summed E-state index contributed by atoms with van der Waals surface area (Å²) in [6, 6.07) is 5.08. The Morgan fingerprint density at radius 3 is 2.88 bits per heavy atom. The Labute approximate surface area is 96.9 Å². The molecule has 0 aromatic heterocycles. The van der Waals surface area contributed by atoms with Crippen LogP contribution in [0.3, 0.4) is 0 Å². The van der Waals surface area contributed by atoms with Crippen LogP contribution in [0.15, 0.2) is 24.0 Å². The minimum absolute atomic E-state index is 0.0814. The van der Waals surface area contributed by atoms with Crippen LogP contribution < -0.4 is 16.0 Å². The summed E-state index contributed by atoms with van der Waals surface area (Å²) in [5.41, 5.74) is 6.72. The summed E-state index contributed by atoms with van der Waals surface area (Å²) in [5.74, 6) is -0.459. The van der Waals surface area contributed by atoms with E-state index in [0.717, 1.165) is 0 Å². The van der Waals surface area contributed by atoms with Crippen LogP contribution in [0.5, 0.6) is 0 Å². The molecule has 0 spiro atoms. The summed E-state index contributed by atoms with van der Waals surface area (Å²) in [6.07, 6.45) is 1.54. The van der Waals surface area contributed by atoms with E-state index in [4.69, 9.17) is 16.9 Å². The molecule has 1 heterocycles. The minimum atomic E-state index is -0.459. The SMILES string of the molecule is Cc1c(N2C=C(C#N)NN2)ccc(Cl)c1F. The van der Waals surface area contributed by atoms with Crippen LogP contribution in [-0.4, -0.2) is 0 Å². The van der Waals surface area contributed by atoms with Crippen molar-refractivity contribution in [2.24, 2.45) is 0 Å². The third kappa shape index (κ3) is 1.69. The van der Waals surface area contributed by atoms with Gasteiger partial charge in [-0.2, -0.15) is 5.26 Å². The highest BCUT2D eigenvalue weighted by atomic mass is 35.5. The molecule has 1 aliphatic heterocycles. The van der Waals surface area contributed by atoms with Crippen molar-refractivity contribution in [1.29, 1.82) is 5.26 Å². The molecule has 2 rings (SSSR count). The summed E-state index contributed by atoms with van der Waals surface area (Å²) in [5, 5.41) is 10.3. The third-order valence-corrected chi connectivity index (χ3v) is 2.55. The molecular formula is C10H8ClFN4. The van der Waals surface area contributed by atoms with Crippen molar-refractivity contribution in [3.63, 3.8) is 0 Å². The number of anilines is 1. The number of nitriles is 1. The molecule has 0 radical (unpaired) electrons. The van der Waals surface area contributed by atoms with Gasteiger partial charge in [0.2, 0.25) is 0 Å². The Balaban J connectivity index is 2.40. The van der Waals surface area contributed by atoms with Crippen LogP contribution in [0, 0.1) is 24.1 Å². The van der Waals surface area contributed by atoms with Crippen molar-refractivity contribution in [3.8, 4) is 6.07 Å². The van der Waals surface area contributed by atoms with Crippen molar-refractivity contribution >= 4 is 17.3 Å². The lowest BCUT2D eigenvalue weighted by Gasteiger charge is -2.18. The van der Waals surface area contributed by atoms with Gasteiger partial charge in [0.1, 0.15) is 17.6 Å². The topological polar surface area (TPSA) is 51.1 Å². The lowest BCUT2D eigenvalue weighted by atomic mass is 10.2. The average molecular weight is 239 g/mol. The van der Waals surface area contributed by atoms with Gasteiger partial charge in [0.05, 0.1) is 16.9 Å². The summed E-state index contributed by atoms with van der Waals surface area (Å²) in [4.78, 5) is 0. The molecule has 0 amide bonds. The maximum atomic E-state index is 13.5. The van der Waals surface area contributed by atoms with Gasteiger partial charge in [-0.25, -0.2) is 4.39 Å². The van der Waals surface area contributed by atoms with E-state index in [1.807, 2.05) is 6.07 Å². The van der Waals surface area contributed by atoms with Crippen LogP contribution in [0.25, 0.3) is 0 Å². The second-order valence-electron chi connectivity index (χ2n) is 3.27. The lowest BCUT2D eigenvalue weighted by Crippen LogP contribution is -2.36. The quantitative estimate of drug-likeness (QED) is 0.786. The Bertz CT molecular complexity index is 506. The molecule has 2 N–H and O–H groups in total. The molecule has 0 atom stereocenters. The van der Waals surface area contributed by atoms with E-state index in [9.17, 15) is 4.39 Å². The zero-order valence-corrected chi connectivity index (χ0v) is 9.14. The zero-order valence-electron chi connectivity index (χ0n) is 8.38. The van der Waals surface area contributed by atoms with E-state index in [0.29, 0.717) is 16.9 Å². The fourth-order valence-electron chi connectivity index (χ4n) is 1.40. The summed E-state index contributed by atoms with van der Waals surface area (Å²) in [6.45, 7) is 1.62. The van der Waals surface area contributed by atoms with Gasteiger partial charge in [-0.15, -0.1) is 5.53 Å². The van der Waals surface area contributed by atoms with E-state index in [2.05, 4.69) is 11.0 Å². The zero-order chi connectivity index (χ0) is 11.7. The van der Waals surface area contributed by atoms with Crippen LogP contribution >= 0.6 is 11.6 Å². The average Bonchev–Trinajstić information content (AvgIpc) is 2.74. The summed E-state index contributed by atoms with van der Waals surface area (Å²) >= 11 is 5.65. The van der Waals surface area contributed by atoms with Gasteiger partial charge in [0.25, 0.3) is 0 Å². The summed E-state index contributed by atoms with van der Waals surface area (Å²) in [7, 11) is 0. The summed E-state index contributed by atoms with van der Waals surface area (Å²) < 4.78 is 13.5. The van der Waals surface area contributed by atoms with Gasteiger partial charge in [-0.1, -0.05) is 11.6 Å². The Morgan fingerprint density at radius 1 is 1.50 bits per heavy atom. The van der Waals surface area contributed by atoms with Crippen molar-refractivity contribution in [3.05, 3.63) is 40.4 Å². The van der Waals surface area contributed by atoms with Crippen molar-refractivity contribution in [1.82, 2.24) is 11.0 Å². The number of hydrogen-bond acceptors (Lipinski definition) is 4. The highest BCUT2D eigenvalue weighted by molar-refractivity contribution is 6.30. The largest absolute Gasteiger partial charge is 0.293 e. The van der Waals surface area contributed by atoms with Gasteiger partial charge >= 0.3 is 0 Å². The Morgan fingerprint density at radius 2 is 2.25 bits per heavy atom. The second kappa shape index (κ2) is 4.00. The smallest absolute Gasteiger partial charge is 0.147 e. The number of hydrazine groups is 2. The van der Waals surface area contributed by atoms with Crippen molar-refractivity contribution in [2.75, 3.05) is 5.01 Å². The molecule has 0 saturated heterocycles. The lowest BCUT2D eigenvalue weighted by molar-refractivity contribution is 0.613. The minimum Gasteiger partial charge on any atom is -0.293 e. The van der Waals surface area contributed by atoms with E-state index < -0.39 is 5.82 Å². The van der Waals surface area contributed by atoms with Crippen LogP contribution in [0.2, 0.25) is 5.02 Å². The molecule has 1 aliphatic rings. The molecule has 0 saturated carbocycles. The first-order valence-electron chi connectivity index (χ1n) is 4.51. The third-order valence-electron chi connectivity index (χ3n) is 2.26. The molecule has 1 aromatic carbocycles. The predicted molar refractivity (Wildman–Crippen MR) is 58.6 cm³/mol. The Kier molecular flexibility index (Phi) is 2.69. The predicted octanol–water partition coefficient (Wildman–Crippen LogP) is 1.98. The maximum absolute atomic E-state index is 13.5. The molecule has 0 aliphatic carbocycles. The number of rotatable bonds is 1. The van der Waals surface area contributed by atoms with Gasteiger partial charge < -0.3 is 0 Å². The Hall–Kier alpha value is -1.77. The molecule has 0 unspecified atom stereocenters. The van der Waals surface area contributed by atoms with Gasteiger partial charge in [0, 0.05) is 5.56 Å². The highest BCUT2D eigenvalue weighted by Gasteiger charge is 2.17. The monoisotopic (exact) mass is 238 g/mol. The fourth-order valence-corrected chi connectivity index (χ4v) is 1.61. The molecular weight excluding hydrogens is 231 g/mol.